The van der Waals surface area contributed by atoms with E-state index in [0.29, 0.717) is 12.3 Å². The van der Waals surface area contributed by atoms with E-state index in [4.69, 9.17) is 0 Å². The van der Waals surface area contributed by atoms with Gasteiger partial charge < -0.3 is 4.90 Å². The van der Waals surface area contributed by atoms with Gasteiger partial charge in [-0.2, -0.15) is 0 Å². The van der Waals surface area contributed by atoms with E-state index < -0.39 is 0 Å². The van der Waals surface area contributed by atoms with Crippen molar-refractivity contribution >= 4 is 17.7 Å². The standard InChI is InChI=1S/C16H30N2OS/c1-14(2,3)17-10-8-16(9-11-17)18(15(4,5)6)13(19)7-12-20-16/h7-12H2,1-6H3. The number of rotatable bonds is 0. The van der Waals surface area contributed by atoms with E-state index in [1.165, 1.54) is 0 Å². The second kappa shape index (κ2) is 5.20. The molecule has 20 heavy (non-hydrogen) atoms. The fourth-order valence-electron chi connectivity index (χ4n) is 3.61. The number of amides is 1. The van der Waals surface area contributed by atoms with E-state index in [0.717, 1.165) is 31.7 Å². The average molecular weight is 298 g/mol. The Morgan fingerprint density at radius 3 is 2.00 bits per heavy atom. The van der Waals surface area contributed by atoms with E-state index in [-0.39, 0.29) is 15.9 Å². The highest BCUT2D eigenvalue weighted by molar-refractivity contribution is 8.00. The second-order valence-corrected chi connectivity index (χ2v) is 9.56. The van der Waals surface area contributed by atoms with Crippen LogP contribution in [0.25, 0.3) is 0 Å². The number of thioether (sulfide) groups is 1. The molecule has 0 N–H and O–H groups in total. The van der Waals surface area contributed by atoms with Gasteiger partial charge in [0.05, 0.1) is 4.87 Å². The smallest absolute Gasteiger partial charge is 0.224 e. The van der Waals surface area contributed by atoms with Crippen LogP contribution in [0.4, 0.5) is 0 Å². The second-order valence-electron chi connectivity index (χ2n) is 8.10. The molecule has 3 nitrogen and oxygen atoms in total. The molecule has 0 saturated carbocycles. The minimum absolute atomic E-state index is 0.0370. The molecule has 2 aliphatic heterocycles. The number of carbonyl (C=O) groups is 1. The van der Waals surface area contributed by atoms with Crippen LogP contribution in [-0.2, 0) is 4.79 Å². The van der Waals surface area contributed by atoms with Crippen LogP contribution in [0.5, 0.6) is 0 Å². The molecule has 1 spiro atoms. The van der Waals surface area contributed by atoms with Gasteiger partial charge in [-0.1, -0.05) is 0 Å². The summed E-state index contributed by atoms with van der Waals surface area (Å²) in [4.78, 5) is 17.3. The van der Waals surface area contributed by atoms with Crippen molar-refractivity contribution in [2.24, 2.45) is 0 Å². The van der Waals surface area contributed by atoms with Crippen molar-refractivity contribution in [3.63, 3.8) is 0 Å². The lowest BCUT2D eigenvalue weighted by molar-refractivity contribution is -0.143. The first-order valence-electron chi connectivity index (χ1n) is 7.78. The van der Waals surface area contributed by atoms with Gasteiger partial charge >= 0.3 is 0 Å². The monoisotopic (exact) mass is 298 g/mol. The van der Waals surface area contributed by atoms with Gasteiger partial charge in [0.2, 0.25) is 5.91 Å². The molecule has 2 rings (SSSR count). The first kappa shape index (κ1) is 16.2. The Bertz CT molecular complexity index is 373. The molecule has 0 aromatic carbocycles. The van der Waals surface area contributed by atoms with Crippen LogP contribution < -0.4 is 0 Å². The highest BCUT2D eigenvalue weighted by atomic mass is 32.2. The first-order chi connectivity index (χ1) is 9.06. The minimum atomic E-state index is -0.0750. The first-order valence-corrected chi connectivity index (χ1v) is 8.77. The van der Waals surface area contributed by atoms with Crippen molar-refractivity contribution < 1.29 is 4.79 Å². The summed E-state index contributed by atoms with van der Waals surface area (Å²) in [7, 11) is 0. The summed E-state index contributed by atoms with van der Waals surface area (Å²) in [6.45, 7) is 15.6. The topological polar surface area (TPSA) is 23.6 Å². The normalized spacial score (nSPS) is 25.3. The molecule has 0 bridgehead atoms. The van der Waals surface area contributed by atoms with E-state index in [1.54, 1.807) is 0 Å². The summed E-state index contributed by atoms with van der Waals surface area (Å²) in [5, 5.41) is 0. The molecule has 1 amide bonds. The minimum Gasteiger partial charge on any atom is -0.323 e. The summed E-state index contributed by atoms with van der Waals surface area (Å²) in [6.07, 6.45) is 2.89. The summed E-state index contributed by atoms with van der Waals surface area (Å²) in [5.41, 5.74) is 0.159. The van der Waals surface area contributed by atoms with Crippen LogP contribution in [0, 0.1) is 0 Å². The highest BCUT2D eigenvalue weighted by Gasteiger charge is 2.49. The Hall–Kier alpha value is -0.220. The van der Waals surface area contributed by atoms with Gasteiger partial charge in [-0.3, -0.25) is 9.69 Å². The number of carbonyl (C=O) groups excluding carboxylic acids is 1. The van der Waals surface area contributed by atoms with Crippen molar-refractivity contribution in [3.05, 3.63) is 0 Å². The van der Waals surface area contributed by atoms with Crippen LogP contribution in [-0.4, -0.2) is 50.5 Å². The Morgan fingerprint density at radius 2 is 1.55 bits per heavy atom. The highest BCUT2D eigenvalue weighted by Crippen LogP contribution is 2.47. The van der Waals surface area contributed by atoms with E-state index in [9.17, 15) is 4.79 Å². The van der Waals surface area contributed by atoms with Gasteiger partial charge in [-0.15, -0.1) is 11.8 Å². The van der Waals surface area contributed by atoms with Crippen LogP contribution in [0.3, 0.4) is 0 Å². The molecule has 0 aromatic rings. The van der Waals surface area contributed by atoms with Crippen LogP contribution in [0.2, 0.25) is 0 Å². The van der Waals surface area contributed by atoms with E-state index in [1.807, 2.05) is 11.8 Å². The summed E-state index contributed by atoms with van der Waals surface area (Å²) < 4.78 is 0. The fourth-order valence-corrected chi connectivity index (χ4v) is 5.24. The van der Waals surface area contributed by atoms with Gasteiger partial charge in [0.15, 0.2) is 0 Å². The van der Waals surface area contributed by atoms with Crippen molar-refractivity contribution in [1.82, 2.24) is 9.80 Å². The lowest BCUT2D eigenvalue weighted by atomic mass is 9.92. The van der Waals surface area contributed by atoms with E-state index in [2.05, 4.69) is 51.3 Å². The summed E-state index contributed by atoms with van der Waals surface area (Å²) in [5.74, 6) is 1.33. The van der Waals surface area contributed by atoms with Crippen molar-refractivity contribution in [3.8, 4) is 0 Å². The number of hydrogen-bond acceptors (Lipinski definition) is 3. The molecule has 0 aliphatic carbocycles. The molecule has 0 aromatic heterocycles. The van der Waals surface area contributed by atoms with Gasteiger partial charge in [-0.05, 0) is 54.4 Å². The number of hydrogen-bond donors (Lipinski definition) is 0. The summed E-state index contributed by atoms with van der Waals surface area (Å²) in [6, 6.07) is 0. The van der Waals surface area contributed by atoms with Crippen LogP contribution in [0.15, 0.2) is 0 Å². The zero-order valence-electron chi connectivity index (χ0n) is 14.0. The van der Waals surface area contributed by atoms with Crippen molar-refractivity contribution in [1.29, 1.82) is 0 Å². The third-order valence-electron chi connectivity index (χ3n) is 4.51. The van der Waals surface area contributed by atoms with Gasteiger partial charge in [0.25, 0.3) is 0 Å². The maximum atomic E-state index is 12.5. The van der Waals surface area contributed by atoms with Gasteiger partial charge in [0.1, 0.15) is 0 Å². The molecule has 2 saturated heterocycles. The zero-order chi connectivity index (χ0) is 15.2. The molecule has 0 unspecified atom stereocenters. The molecule has 2 fully saturated rings. The van der Waals surface area contributed by atoms with Crippen molar-refractivity contribution in [2.75, 3.05) is 18.8 Å². The predicted molar refractivity (Wildman–Crippen MR) is 87.0 cm³/mol. The molecular weight excluding hydrogens is 268 g/mol. The number of nitrogens with zero attached hydrogens (tertiary/aromatic N) is 2. The van der Waals surface area contributed by atoms with Crippen LogP contribution in [0.1, 0.15) is 60.8 Å². The molecule has 2 heterocycles. The quantitative estimate of drug-likeness (QED) is 0.685. The Labute approximate surface area is 128 Å². The fraction of sp³-hybridized carbons (Fsp3) is 0.938. The van der Waals surface area contributed by atoms with E-state index >= 15 is 0 Å². The molecule has 2 aliphatic rings. The molecule has 0 atom stereocenters. The Kier molecular flexibility index (Phi) is 4.20. The molecular formula is C16H30N2OS. The molecule has 4 heteroatoms. The molecule has 116 valence electrons. The summed E-state index contributed by atoms with van der Waals surface area (Å²) >= 11 is 2.02. The average Bonchev–Trinajstić information content (AvgIpc) is 2.26. The third kappa shape index (κ3) is 3.01. The lowest BCUT2D eigenvalue weighted by Gasteiger charge is -2.57. The number of likely N-dealkylation sites (tertiary alicyclic amines) is 1. The van der Waals surface area contributed by atoms with Gasteiger partial charge in [-0.25, -0.2) is 0 Å². The maximum Gasteiger partial charge on any atom is 0.224 e. The SMILES string of the molecule is CC(C)(C)N1CCC2(CC1)SCCC(=O)N2C(C)(C)C. The molecule has 0 radical (unpaired) electrons. The Balaban J connectivity index is 2.19. The zero-order valence-corrected chi connectivity index (χ0v) is 14.8. The third-order valence-corrected chi connectivity index (χ3v) is 6.04. The maximum absolute atomic E-state index is 12.5. The largest absolute Gasteiger partial charge is 0.323 e. The van der Waals surface area contributed by atoms with Gasteiger partial charge in [0, 0.05) is 36.3 Å². The predicted octanol–water partition coefficient (Wildman–Crippen LogP) is 3.34. The van der Waals surface area contributed by atoms with Crippen molar-refractivity contribution in [2.45, 2.75) is 76.8 Å². The lowest BCUT2D eigenvalue weighted by Crippen LogP contribution is -2.64. The van der Waals surface area contributed by atoms with Crippen LogP contribution >= 0.6 is 11.8 Å². The Morgan fingerprint density at radius 1 is 1.00 bits per heavy atom. The number of piperidine rings is 1.